The maximum Gasteiger partial charge on any atom is 0.337 e. The van der Waals surface area contributed by atoms with E-state index in [1.54, 1.807) is 24.3 Å². The number of amides is 1. The monoisotopic (exact) mass is 469 g/mol. The first-order chi connectivity index (χ1) is 16.9. The largest absolute Gasteiger partial charge is 0.503 e. The van der Waals surface area contributed by atoms with Gasteiger partial charge in [-0.15, -0.1) is 0 Å². The fourth-order valence-corrected chi connectivity index (χ4v) is 4.32. The van der Waals surface area contributed by atoms with E-state index in [0.29, 0.717) is 17.7 Å². The number of hydrogen-bond acceptors (Lipinski definition) is 5. The van der Waals surface area contributed by atoms with E-state index >= 15 is 0 Å². The highest BCUT2D eigenvalue weighted by Gasteiger charge is 2.44. The summed E-state index contributed by atoms with van der Waals surface area (Å²) in [5, 5.41) is 10.9. The fraction of sp³-hybridized carbons (Fsp3) is 0.207. The number of aliphatic hydroxyl groups excluding tert-OH is 1. The molecule has 6 nitrogen and oxygen atoms in total. The van der Waals surface area contributed by atoms with E-state index in [2.05, 4.69) is 0 Å². The van der Waals surface area contributed by atoms with Crippen molar-refractivity contribution in [3.63, 3.8) is 0 Å². The van der Waals surface area contributed by atoms with Crippen LogP contribution in [0.3, 0.4) is 0 Å². The molecule has 178 valence electrons. The Kier molecular flexibility index (Phi) is 7.11. The van der Waals surface area contributed by atoms with Gasteiger partial charge in [-0.25, -0.2) is 4.79 Å². The molecule has 1 amide bonds. The standard InChI is InChI=1S/C29H27NO5/c1-3-19-9-12-21(13-10-19)26-25(24(31)18-11-20-7-5-4-6-8-20)27(32)28(33)30(26)23-16-14-22(15-17-23)29(34)35-2/h4-10,12-17,26,32H,3,11,18H2,1-2H3. The molecule has 6 heteroatoms. The third-order valence-corrected chi connectivity index (χ3v) is 6.26. The van der Waals surface area contributed by atoms with Gasteiger partial charge in [0.2, 0.25) is 0 Å². The minimum absolute atomic E-state index is 0.0900. The number of esters is 1. The summed E-state index contributed by atoms with van der Waals surface area (Å²) in [6, 6.07) is 22.9. The van der Waals surface area contributed by atoms with Crippen molar-refractivity contribution in [1.82, 2.24) is 0 Å². The second kappa shape index (κ2) is 10.4. The van der Waals surface area contributed by atoms with Crippen molar-refractivity contribution < 1.29 is 24.2 Å². The van der Waals surface area contributed by atoms with Crippen LogP contribution in [-0.2, 0) is 27.2 Å². The molecule has 0 radical (unpaired) electrons. The molecule has 1 heterocycles. The number of carbonyl (C=O) groups excluding carboxylic acids is 3. The first kappa shape index (κ1) is 24.0. The molecular formula is C29H27NO5. The van der Waals surface area contributed by atoms with Gasteiger partial charge in [-0.2, -0.15) is 0 Å². The second-order valence-electron chi connectivity index (χ2n) is 8.38. The Bertz CT molecular complexity index is 1260. The summed E-state index contributed by atoms with van der Waals surface area (Å²) in [5.74, 6) is -1.96. The van der Waals surface area contributed by atoms with Crippen molar-refractivity contribution in [2.45, 2.75) is 32.2 Å². The van der Waals surface area contributed by atoms with Crippen LogP contribution in [0.5, 0.6) is 0 Å². The summed E-state index contributed by atoms with van der Waals surface area (Å²) in [4.78, 5) is 39.9. The summed E-state index contributed by atoms with van der Waals surface area (Å²) < 4.78 is 4.75. The van der Waals surface area contributed by atoms with Crippen LogP contribution in [0, 0.1) is 0 Å². The van der Waals surface area contributed by atoms with Gasteiger partial charge in [0.05, 0.1) is 24.3 Å². The predicted octanol–water partition coefficient (Wildman–Crippen LogP) is 5.14. The molecule has 3 aromatic carbocycles. The Morgan fingerprint density at radius 3 is 2.17 bits per heavy atom. The topological polar surface area (TPSA) is 83.9 Å². The van der Waals surface area contributed by atoms with Crippen LogP contribution < -0.4 is 4.90 Å². The van der Waals surface area contributed by atoms with Crippen LogP contribution in [0.15, 0.2) is 90.2 Å². The Hall–Kier alpha value is -4.19. The van der Waals surface area contributed by atoms with Crippen molar-refractivity contribution in [2.75, 3.05) is 12.0 Å². The zero-order valence-corrected chi connectivity index (χ0v) is 19.7. The number of anilines is 1. The molecule has 0 aromatic heterocycles. The smallest absolute Gasteiger partial charge is 0.337 e. The molecular weight excluding hydrogens is 442 g/mol. The normalized spacial score (nSPS) is 15.4. The molecule has 1 aliphatic rings. The zero-order chi connectivity index (χ0) is 24.9. The van der Waals surface area contributed by atoms with Gasteiger partial charge < -0.3 is 9.84 Å². The van der Waals surface area contributed by atoms with Crippen LogP contribution in [0.25, 0.3) is 0 Å². The van der Waals surface area contributed by atoms with Crippen LogP contribution in [0.4, 0.5) is 5.69 Å². The molecule has 1 unspecified atom stereocenters. The van der Waals surface area contributed by atoms with Crippen molar-refractivity contribution in [3.8, 4) is 0 Å². The summed E-state index contributed by atoms with van der Waals surface area (Å²) >= 11 is 0. The lowest BCUT2D eigenvalue weighted by molar-refractivity contribution is -0.118. The zero-order valence-electron chi connectivity index (χ0n) is 19.7. The molecule has 0 spiro atoms. The van der Waals surface area contributed by atoms with Crippen LogP contribution in [0.1, 0.15) is 46.4 Å². The van der Waals surface area contributed by atoms with E-state index in [4.69, 9.17) is 4.74 Å². The summed E-state index contributed by atoms with van der Waals surface area (Å²) in [7, 11) is 1.30. The molecule has 4 rings (SSSR count). The maximum atomic E-state index is 13.4. The van der Waals surface area contributed by atoms with E-state index in [9.17, 15) is 19.5 Å². The third kappa shape index (κ3) is 4.87. The molecule has 0 bridgehead atoms. The highest BCUT2D eigenvalue weighted by Crippen LogP contribution is 2.41. The first-order valence-corrected chi connectivity index (χ1v) is 11.6. The maximum absolute atomic E-state index is 13.4. The Morgan fingerprint density at radius 1 is 0.914 bits per heavy atom. The van der Waals surface area contributed by atoms with Gasteiger partial charge in [0, 0.05) is 12.1 Å². The van der Waals surface area contributed by atoms with Crippen molar-refractivity contribution in [1.29, 1.82) is 0 Å². The van der Waals surface area contributed by atoms with Gasteiger partial charge in [-0.3, -0.25) is 14.5 Å². The molecule has 0 fully saturated rings. The summed E-state index contributed by atoms with van der Waals surface area (Å²) in [5.41, 5.74) is 3.74. The Morgan fingerprint density at radius 2 is 1.57 bits per heavy atom. The van der Waals surface area contributed by atoms with E-state index in [1.807, 2.05) is 61.5 Å². The molecule has 3 aromatic rings. The van der Waals surface area contributed by atoms with E-state index in [1.165, 1.54) is 12.0 Å². The average molecular weight is 470 g/mol. The highest BCUT2D eigenvalue weighted by atomic mass is 16.5. The molecule has 0 aliphatic carbocycles. The number of rotatable bonds is 8. The predicted molar refractivity (Wildman–Crippen MR) is 133 cm³/mol. The van der Waals surface area contributed by atoms with E-state index < -0.39 is 23.7 Å². The van der Waals surface area contributed by atoms with Gasteiger partial charge in [0.1, 0.15) is 0 Å². The number of Topliss-reactive ketones (excluding diaryl/α,β-unsaturated/α-hetero) is 1. The number of aliphatic hydroxyl groups is 1. The number of aryl methyl sites for hydroxylation is 2. The van der Waals surface area contributed by atoms with Crippen molar-refractivity contribution in [2.24, 2.45) is 0 Å². The SMILES string of the molecule is CCc1ccc(C2C(C(=O)CCc3ccccc3)=C(O)C(=O)N2c2ccc(C(=O)OC)cc2)cc1. The van der Waals surface area contributed by atoms with Crippen LogP contribution in [0.2, 0.25) is 0 Å². The van der Waals surface area contributed by atoms with E-state index in [0.717, 1.165) is 23.1 Å². The van der Waals surface area contributed by atoms with Gasteiger partial charge in [-0.1, -0.05) is 61.5 Å². The van der Waals surface area contributed by atoms with Gasteiger partial charge in [0.25, 0.3) is 5.91 Å². The quantitative estimate of drug-likeness (QED) is 0.462. The van der Waals surface area contributed by atoms with E-state index in [-0.39, 0.29) is 17.8 Å². The number of ether oxygens (including phenoxy) is 1. The van der Waals surface area contributed by atoms with Crippen molar-refractivity contribution >= 4 is 23.3 Å². The number of benzene rings is 3. The minimum Gasteiger partial charge on any atom is -0.503 e. The lowest BCUT2D eigenvalue weighted by atomic mass is 9.92. The molecule has 0 saturated heterocycles. The minimum atomic E-state index is -0.777. The average Bonchev–Trinajstić information content (AvgIpc) is 3.17. The molecule has 1 atom stereocenters. The van der Waals surface area contributed by atoms with Gasteiger partial charge in [-0.05, 0) is 53.8 Å². The van der Waals surface area contributed by atoms with Gasteiger partial charge in [0.15, 0.2) is 11.5 Å². The number of carbonyl (C=O) groups is 3. The third-order valence-electron chi connectivity index (χ3n) is 6.26. The second-order valence-corrected chi connectivity index (χ2v) is 8.38. The van der Waals surface area contributed by atoms with Crippen LogP contribution >= 0.6 is 0 Å². The number of nitrogens with zero attached hydrogens (tertiary/aromatic N) is 1. The number of methoxy groups -OCH3 is 1. The molecule has 0 saturated carbocycles. The Labute approximate surface area is 204 Å². The summed E-state index contributed by atoms with van der Waals surface area (Å²) in [6.07, 6.45) is 1.52. The molecule has 1 aliphatic heterocycles. The number of hydrogen-bond donors (Lipinski definition) is 1. The lowest BCUT2D eigenvalue weighted by Crippen LogP contribution is -2.31. The fourth-order valence-electron chi connectivity index (χ4n) is 4.32. The summed E-state index contributed by atoms with van der Waals surface area (Å²) in [6.45, 7) is 2.05. The lowest BCUT2D eigenvalue weighted by Gasteiger charge is -2.27. The van der Waals surface area contributed by atoms with Crippen molar-refractivity contribution in [3.05, 3.63) is 112 Å². The van der Waals surface area contributed by atoms with Gasteiger partial charge >= 0.3 is 5.97 Å². The Balaban J connectivity index is 1.71. The number of ketones is 1. The highest BCUT2D eigenvalue weighted by molar-refractivity contribution is 6.16. The first-order valence-electron chi connectivity index (χ1n) is 11.6. The molecule has 35 heavy (non-hydrogen) atoms. The van der Waals surface area contributed by atoms with Crippen LogP contribution in [-0.4, -0.2) is 29.9 Å². The molecule has 1 N–H and O–H groups in total.